The second-order valence-corrected chi connectivity index (χ2v) is 4.16. The standard InChI is InChI=1S/C13H16N2O/c1-8-4-9(2)13-10(5-8)11(6-15-13)12(16)7-14-3/h4-6,14-15H,7H2,1-3H3. The van der Waals surface area contributed by atoms with Gasteiger partial charge < -0.3 is 10.3 Å². The zero-order valence-electron chi connectivity index (χ0n) is 9.85. The first kappa shape index (κ1) is 10.9. The summed E-state index contributed by atoms with van der Waals surface area (Å²) in [6.45, 7) is 4.48. The van der Waals surface area contributed by atoms with Crippen LogP contribution in [0.15, 0.2) is 18.3 Å². The molecule has 0 aliphatic rings. The number of nitrogens with one attached hydrogen (secondary N) is 2. The number of aryl methyl sites for hydroxylation is 2. The van der Waals surface area contributed by atoms with Crippen molar-refractivity contribution in [2.24, 2.45) is 0 Å². The maximum atomic E-state index is 11.9. The maximum absolute atomic E-state index is 11.9. The van der Waals surface area contributed by atoms with Crippen LogP contribution in [0, 0.1) is 13.8 Å². The number of rotatable bonds is 3. The first-order valence-electron chi connectivity index (χ1n) is 5.39. The van der Waals surface area contributed by atoms with Crippen molar-refractivity contribution in [1.29, 1.82) is 0 Å². The average molecular weight is 216 g/mol. The van der Waals surface area contributed by atoms with Crippen LogP contribution in [-0.2, 0) is 0 Å². The van der Waals surface area contributed by atoms with Crippen LogP contribution in [0.5, 0.6) is 0 Å². The number of hydrogen-bond donors (Lipinski definition) is 2. The summed E-state index contributed by atoms with van der Waals surface area (Å²) in [5, 5.41) is 3.91. The number of carbonyl (C=O) groups excluding carboxylic acids is 1. The Kier molecular flexibility index (Phi) is 2.79. The van der Waals surface area contributed by atoms with Crippen LogP contribution in [0.1, 0.15) is 21.5 Å². The molecule has 0 amide bonds. The number of aromatic nitrogens is 1. The molecule has 0 spiro atoms. The molecule has 1 aromatic heterocycles. The third-order valence-corrected chi connectivity index (χ3v) is 2.77. The van der Waals surface area contributed by atoms with Crippen molar-refractivity contribution in [1.82, 2.24) is 10.3 Å². The number of ketones is 1. The van der Waals surface area contributed by atoms with Crippen molar-refractivity contribution in [2.45, 2.75) is 13.8 Å². The number of benzene rings is 1. The molecular formula is C13H16N2O. The summed E-state index contributed by atoms with van der Waals surface area (Å²) in [4.78, 5) is 15.0. The number of H-pyrrole nitrogens is 1. The van der Waals surface area contributed by atoms with Crippen molar-refractivity contribution in [3.05, 3.63) is 35.0 Å². The van der Waals surface area contributed by atoms with E-state index in [1.807, 2.05) is 6.92 Å². The SMILES string of the molecule is CNCC(=O)c1c[nH]c2c(C)cc(C)cc12. The molecule has 84 valence electrons. The molecule has 0 aliphatic heterocycles. The van der Waals surface area contributed by atoms with Gasteiger partial charge in [-0.05, 0) is 32.5 Å². The van der Waals surface area contributed by atoms with Gasteiger partial charge in [-0.2, -0.15) is 0 Å². The van der Waals surface area contributed by atoms with Crippen LogP contribution in [0.3, 0.4) is 0 Å². The Hall–Kier alpha value is -1.61. The Balaban J connectivity index is 2.60. The molecular weight excluding hydrogens is 200 g/mol. The molecule has 3 heteroatoms. The second kappa shape index (κ2) is 4.10. The molecule has 0 fully saturated rings. The molecule has 1 aromatic carbocycles. The normalized spacial score (nSPS) is 10.9. The van der Waals surface area contributed by atoms with Crippen molar-refractivity contribution in [3.63, 3.8) is 0 Å². The third-order valence-electron chi connectivity index (χ3n) is 2.77. The Labute approximate surface area is 94.9 Å². The fraction of sp³-hybridized carbons (Fsp3) is 0.308. The maximum Gasteiger partial charge on any atom is 0.178 e. The summed E-state index contributed by atoms with van der Waals surface area (Å²) in [5.74, 6) is 0.124. The molecule has 0 saturated carbocycles. The topological polar surface area (TPSA) is 44.9 Å². The van der Waals surface area contributed by atoms with Gasteiger partial charge in [0.05, 0.1) is 6.54 Å². The summed E-state index contributed by atoms with van der Waals surface area (Å²) in [7, 11) is 1.78. The van der Waals surface area contributed by atoms with E-state index in [1.165, 1.54) is 11.1 Å². The smallest absolute Gasteiger partial charge is 0.178 e. The Morgan fingerprint density at radius 3 is 2.81 bits per heavy atom. The second-order valence-electron chi connectivity index (χ2n) is 4.16. The molecule has 0 saturated heterocycles. The highest BCUT2D eigenvalue weighted by molar-refractivity contribution is 6.09. The number of carbonyl (C=O) groups is 1. The van der Waals surface area contributed by atoms with Gasteiger partial charge in [-0.1, -0.05) is 11.6 Å². The summed E-state index contributed by atoms with van der Waals surface area (Å²) < 4.78 is 0. The lowest BCUT2D eigenvalue weighted by Gasteiger charge is -2.01. The lowest BCUT2D eigenvalue weighted by Crippen LogP contribution is -2.18. The van der Waals surface area contributed by atoms with Crippen molar-refractivity contribution < 1.29 is 4.79 Å². The molecule has 2 aromatic rings. The van der Waals surface area contributed by atoms with Crippen molar-refractivity contribution in [2.75, 3.05) is 13.6 Å². The van der Waals surface area contributed by atoms with Gasteiger partial charge in [-0.3, -0.25) is 4.79 Å². The zero-order valence-corrected chi connectivity index (χ0v) is 9.85. The first-order valence-corrected chi connectivity index (χ1v) is 5.39. The van der Waals surface area contributed by atoms with E-state index in [0.29, 0.717) is 6.54 Å². The summed E-state index contributed by atoms with van der Waals surface area (Å²) in [6.07, 6.45) is 1.80. The molecule has 2 N–H and O–H groups in total. The van der Waals surface area contributed by atoms with Crippen LogP contribution in [-0.4, -0.2) is 24.4 Å². The number of aromatic amines is 1. The number of fused-ring (bicyclic) bond motifs is 1. The van der Waals surface area contributed by atoms with Crippen LogP contribution >= 0.6 is 0 Å². The van der Waals surface area contributed by atoms with E-state index >= 15 is 0 Å². The van der Waals surface area contributed by atoms with E-state index in [-0.39, 0.29) is 5.78 Å². The largest absolute Gasteiger partial charge is 0.360 e. The quantitative estimate of drug-likeness (QED) is 0.772. The van der Waals surface area contributed by atoms with Gasteiger partial charge in [0.15, 0.2) is 5.78 Å². The highest BCUT2D eigenvalue weighted by Crippen LogP contribution is 2.23. The monoisotopic (exact) mass is 216 g/mol. The van der Waals surface area contributed by atoms with E-state index in [2.05, 4.69) is 29.4 Å². The van der Waals surface area contributed by atoms with Crippen LogP contribution in [0.2, 0.25) is 0 Å². The van der Waals surface area contributed by atoms with Gasteiger partial charge in [0.1, 0.15) is 0 Å². The van der Waals surface area contributed by atoms with Crippen LogP contribution in [0.4, 0.5) is 0 Å². The van der Waals surface area contributed by atoms with Gasteiger partial charge in [-0.15, -0.1) is 0 Å². The molecule has 3 nitrogen and oxygen atoms in total. The van der Waals surface area contributed by atoms with E-state index in [0.717, 1.165) is 16.5 Å². The number of Topliss-reactive ketones (excluding diaryl/α,β-unsaturated/α-hetero) is 1. The molecule has 0 bridgehead atoms. The molecule has 0 atom stereocenters. The van der Waals surface area contributed by atoms with Gasteiger partial charge in [0.25, 0.3) is 0 Å². The molecule has 0 aliphatic carbocycles. The molecule has 2 rings (SSSR count). The summed E-state index contributed by atoms with van der Waals surface area (Å²) in [6, 6.07) is 4.17. The van der Waals surface area contributed by atoms with Gasteiger partial charge in [-0.25, -0.2) is 0 Å². The van der Waals surface area contributed by atoms with Crippen molar-refractivity contribution in [3.8, 4) is 0 Å². The Morgan fingerprint density at radius 2 is 2.12 bits per heavy atom. The highest BCUT2D eigenvalue weighted by Gasteiger charge is 2.12. The number of hydrogen-bond acceptors (Lipinski definition) is 2. The van der Waals surface area contributed by atoms with Crippen LogP contribution in [0.25, 0.3) is 10.9 Å². The minimum Gasteiger partial charge on any atom is -0.360 e. The lowest BCUT2D eigenvalue weighted by atomic mass is 10.0. The molecule has 16 heavy (non-hydrogen) atoms. The minimum atomic E-state index is 0.124. The summed E-state index contributed by atoms with van der Waals surface area (Å²) in [5.41, 5.74) is 4.20. The van der Waals surface area contributed by atoms with E-state index in [4.69, 9.17) is 0 Å². The van der Waals surface area contributed by atoms with Gasteiger partial charge in [0.2, 0.25) is 0 Å². The predicted octanol–water partition coefficient (Wildman–Crippen LogP) is 2.19. The van der Waals surface area contributed by atoms with Crippen molar-refractivity contribution >= 4 is 16.7 Å². The first-order chi connectivity index (χ1) is 7.63. The minimum absolute atomic E-state index is 0.124. The molecule has 1 heterocycles. The summed E-state index contributed by atoms with van der Waals surface area (Å²) >= 11 is 0. The predicted molar refractivity (Wildman–Crippen MR) is 66.0 cm³/mol. The highest BCUT2D eigenvalue weighted by atomic mass is 16.1. The zero-order chi connectivity index (χ0) is 11.7. The van der Waals surface area contributed by atoms with Crippen LogP contribution < -0.4 is 5.32 Å². The number of likely N-dealkylation sites (N-methyl/N-ethyl adjacent to an activating group) is 1. The van der Waals surface area contributed by atoms with Gasteiger partial charge >= 0.3 is 0 Å². The van der Waals surface area contributed by atoms with E-state index < -0.39 is 0 Å². The average Bonchev–Trinajstić information content (AvgIpc) is 2.61. The molecule has 0 unspecified atom stereocenters. The molecule has 0 radical (unpaired) electrons. The lowest BCUT2D eigenvalue weighted by molar-refractivity contribution is 0.0995. The Morgan fingerprint density at radius 1 is 1.38 bits per heavy atom. The fourth-order valence-electron chi connectivity index (χ4n) is 2.08. The van der Waals surface area contributed by atoms with E-state index in [1.54, 1.807) is 13.2 Å². The Bertz CT molecular complexity index is 540. The fourth-order valence-corrected chi connectivity index (χ4v) is 2.08. The third kappa shape index (κ3) is 1.74. The van der Waals surface area contributed by atoms with E-state index in [9.17, 15) is 4.79 Å². The van der Waals surface area contributed by atoms with Gasteiger partial charge in [0, 0.05) is 22.7 Å².